The lowest BCUT2D eigenvalue weighted by Gasteiger charge is -2.35. The van der Waals surface area contributed by atoms with E-state index in [1.165, 1.54) is 7.11 Å². The molecular weight excluding hydrogens is 620 g/mol. The molecule has 0 atom stereocenters. The Bertz CT molecular complexity index is 1930. The van der Waals surface area contributed by atoms with Crippen molar-refractivity contribution in [1.29, 1.82) is 0 Å². The molecule has 0 amide bonds. The molecule has 0 aromatic heterocycles. The molecule has 0 bridgehead atoms. The molecule has 0 fully saturated rings. The molecule has 0 spiro atoms. The number of phenols is 2. The Balaban J connectivity index is 0.000000191. The molecule has 0 saturated carbocycles. The molecule has 0 radical (unpaired) electrons. The number of aromatic hydroxyl groups is 2. The zero-order valence-electron chi connectivity index (χ0n) is 29.8. The number of carboxylic acid groups (broad SMARTS) is 1. The number of aromatic carboxylic acids is 1. The lowest BCUT2D eigenvalue weighted by atomic mass is 9.85. The van der Waals surface area contributed by atoms with Gasteiger partial charge in [-0.15, -0.1) is 0 Å². The number of carbonyl (C=O) groups excluding carboxylic acids is 1. The number of carboxylic acids is 1. The SMILES string of the molecule is COC(=O)c1ccc(-c2c(O)c(C)c(C)c3c2CCC(C)(C)O3)cc1.Cc1c(C)c2c(c(-c3ccc(C(=O)O)cc3)c1O)CCC(C)(C)O2. The van der Waals surface area contributed by atoms with Crippen molar-refractivity contribution in [3.63, 3.8) is 0 Å². The Morgan fingerprint density at radius 3 is 1.35 bits per heavy atom. The molecule has 0 aliphatic carbocycles. The van der Waals surface area contributed by atoms with Gasteiger partial charge in [0.15, 0.2) is 0 Å². The molecular formula is C41H46O8. The fourth-order valence-electron chi connectivity index (χ4n) is 6.59. The number of methoxy groups -OCH3 is 1. The normalized spacial score (nSPS) is 15.4. The summed E-state index contributed by atoms with van der Waals surface area (Å²) < 4.78 is 17.2. The molecule has 8 nitrogen and oxygen atoms in total. The van der Waals surface area contributed by atoms with Gasteiger partial charge in [0.2, 0.25) is 0 Å². The summed E-state index contributed by atoms with van der Waals surface area (Å²) in [5.74, 6) is 0.918. The lowest BCUT2D eigenvalue weighted by molar-refractivity contribution is 0.0599. The van der Waals surface area contributed by atoms with Gasteiger partial charge >= 0.3 is 11.9 Å². The standard InChI is InChI=1S/C21H24O4.C20H22O4/c1-12-13(2)19-16(10-11-21(3,4)25-19)17(18(12)22)14-6-8-15(9-7-14)20(23)24-5;1-11-12(2)18-15(9-10-20(3,4)24-18)16(17(11)21)13-5-7-14(8-6-13)19(22)23/h6-9,22H,10-11H2,1-5H3;5-8,21H,9-10H2,1-4H3,(H,22,23). The number of phenolic OH excluding ortho intramolecular Hbond substituents is 2. The van der Waals surface area contributed by atoms with E-state index in [1.54, 1.807) is 36.4 Å². The fourth-order valence-corrected chi connectivity index (χ4v) is 6.59. The lowest BCUT2D eigenvalue weighted by Crippen LogP contribution is -2.33. The number of benzene rings is 4. The van der Waals surface area contributed by atoms with Crippen LogP contribution in [0.5, 0.6) is 23.0 Å². The van der Waals surface area contributed by atoms with E-state index in [4.69, 9.17) is 19.3 Å². The number of hydrogen-bond donors (Lipinski definition) is 3. The maximum atomic E-state index is 11.6. The Labute approximate surface area is 288 Å². The van der Waals surface area contributed by atoms with E-state index in [-0.39, 0.29) is 34.2 Å². The van der Waals surface area contributed by atoms with Crippen molar-refractivity contribution in [2.45, 2.75) is 92.3 Å². The van der Waals surface area contributed by atoms with Crippen LogP contribution in [0.1, 0.15) is 94.6 Å². The molecule has 0 unspecified atom stereocenters. The van der Waals surface area contributed by atoms with Crippen LogP contribution in [0, 0.1) is 27.7 Å². The number of fused-ring (bicyclic) bond motifs is 2. The number of ether oxygens (including phenoxy) is 3. The molecule has 2 aliphatic rings. The first-order valence-electron chi connectivity index (χ1n) is 16.6. The van der Waals surface area contributed by atoms with Crippen LogP contribution in [0.4, 0.5) is 0 Å². The van der Waals surface area contributed by atoms with E-state index >= 15 is 0 Å². The highest BCUT2D eigenvalue weighted by Crippen LogP contribution is 2.49. The van der Waals surface area contributed by atoms with E-state index in [9.17, 15) is 19.8 Å². The summed E-state index contributed by atoms with van der Waals surface area (Å²) in [6.45, 7) is 16.0. The second-order valence-corrected chi connectivity index (χ2v) is 14.2. The van der Waals surface area contributed by atoms with Gasteiger partial charge in [0.1, 0.15) is 34.2 Å². The van der Waals surface area contributed by atoms with Gasteiger partial charge in [-0.1, -0.05) is 24.3 Å². The van der Waals surface area contributed by atoms with Crippen molar-refractivity contribution in [1.82, 2.24) is 0 Å². The fraction of sp³-hybridized carbons (Fsp3) is 0.366. The predicted octanol–water partition coefficient (Wildman–Crippen LogP) is 9.04. The van der Waals surface area contributed by atoms with Crippen LogP contribution in [-0.4, -0.2) is 45.6 Å². The van der Waals surface area contributed by atoms with Gasteiger partial charge in [-0.05, 0) is 139 Å². The van der Waals surface area contributed by atoms with Crippen molar-refractivity contribution in [2.24, 2.45) is 0 Å². The van der Waals surface area contributed by atoms with Gasteiger partial charge in [-0.3, -0.25) is 0 Å². The highest BCUT2D eigenvalue weighted by molar-refractivity contribution is 5.91. The summed E-state index contributed by atoms with van der Waals surface area (Å²) in [6.07, 6.45) is 3.40. The van der Waals surface area contributed by atoms with Crippen LogP contribution < -0.4 is 9.47 Å². The monoisotopic (exact) mass is 666 g/mol. The summed E-state index contributed by atoms with van der Waals surface area (Å²) in [6, 6.07) is 13.7. The van der Waals surface area contributed by atoms with Gasteiger partial charge in [0.05, 0.1) is 18.2 Å². The van der Waals surface area contributed by atoms with E-state index in [1.807, 2.05) is 39.8 Å². The Morgan fingerprint density at radius 2 is 1.00 bits per heavy atom. The molecule has 6 rings (SSSR count). The molecule has 2 heterocycles. The minimum absolute atomic E-state index is 0.215. The average molecular weight is 667 g/mol. The topological polar surface area (TPSA) is 123 Å². The van der Waals surface area contributed by atoms with E-state index in [0.717, 1.165) is 92.8 Å². The van der Waals surface area contributed by atoms with Crippen molar-refractivity contribution in [2.75, 3.05) is 7.11 Å². The maximum Gasteiger partial charge on any atom is 0.337 e. The van der Waals surface area contributed by atoms with Crippen LogP contribution in [0.3, 0.4) is 0 Å². The highest BCUT2D eigenvalue weighted by atomic mass is 16.5. The number of hydrogen-bond acceptors (Lipinski definition) is 7. The molecule has 49 heavy (non-hydrogen) atoms. The van der Waals surface area contributed by atoms with Crippen LogP contribution in [0.25, 0.3) is 22.3 Å². The summed E-state index contributed by atoms with van der Waals surface area (Å²) in [5, 5.41) is 30.6. The third-order valence-corrected chi connectivity index (χ3v) is 9.87. The van der Waals surface area contributed by atoms with Gasteiger partial charge < -0.3 is 29.5 Å². The number of esters is 1. The van der Waals surface area contributed by atoms with Crippen LogP contribution >= 0.6 is 0 Å². The van der Waals surface area contributed by atoms with Crippen molar-refractivity contribution in [3.05, 3.63) is 93.0 Å². The van der Waals surface area contributed by atoms with Gasteiger partial charge in [0, 0.05) is 22.3 Å². The predicted molar refractivity (Wildman–Crippen MR) is 190 cm³/mol. The average Bonchev–Trinajstić information content (AvgIpc) is 3.07. The Kier molecular flexibility index (Phi) is 9.48. The van der Waals surface area contributed by atoms with Gasteiger partial charge in [-0.2, -0.15) is 0 Å². The summed E-state index contributed by atoms with van der Waals surface area (Å²) in [7, 11) is 1.36. The molecule has 3 N–H and O–H groups in total. The Hall–Kier alpha value is -4.98. The van der Waals surface area contributed by atoms with Crippen LogP contribution in [0.15, 0.2) is 48.5 Å². The molecule has 0 saturated heterocycles. The van der Waals surface area contributed by atoms with Crippen LogP contribution in [0.2, 0.25) is 0 Å². The third kappa shape index (κ3) is 6.82. The van der Waals surface area contributed by atoms with Crippen molar-refractivity contribution in [3.8, 4) is 45.3 Å². The third-order valence-electron chi connectivity index (χ3n) is 9.87. The molecule has 258 valence electrons. The second-order valence-electron chi connectivity index (χ2n) is 14.2. The minimum atomic E-state index is -0.960. The molecule has 4 aromatic rings. The van der Waals surface area contributed by atoms with Gasteiger partial charge in [0.25, 0.3) is 0 Å². The quantitative estimate of drug-likeness (QED) is 0.185. The summed E-state index contributed by atoms with van der Waals surface area (Å²) in [5.41, 5.74) is 9.08. The zero-order valence-corrected chi connectivity index (χ0v) is 29.8. The first kappa shape index (κ1) is 35.3. The molecule has 8 heteroatoms. The van der Waals surface area contributed by atoms with Crippen molar-refractivity contribution < 1.29 is 39.1 Å². The Morgan fingerprint density at radius 1 is 0.633 bits per heavy atom. The molecule has 2 aliphatic heterocycles. The highest BCUT2D eigenvalue weighted by Gasteiger charge is 2.33. The first-order valence-corrected chi connectivity index (χ1v) is 16.6. The maximum absolute atomic E-state index is 11.6. The first-order chi connectivity index (χ1) is 23.0. The number of rotatable bonds is 4. The number of carbonyl (C=O) groups is 2. The molecule has 4 aromatic carbocycles. The van der Waals surface area contributed by atoms with Crippen molar-refractivity contribution >= 4 is 11.9 Å². The zero-order chi connectivity index (χ0) is 36.0. The smallest absolute Gasteiger partial charge is 0.337 e. The second kappa shape index (κ2) is 13.1. The van der Waals surface area contributed by atoms with Gasteiger partial charge in [-0.25, -0.2) is 9.59 Å². The minimum Gasteiger partial charge on any atom is -0.507 e. The summed E-state index contributed by atoms with van der Waals surface area (Å²) >= 11 is 0. The largest absolute Gasteiger partial charge is 0.507 e. The van der Waals surface area contributed by atoms with E-state index < -0.39 is 5.97 Å². The van der Waals surface area contributed by atoms with Crippen LogP contribution in [-0.2, 0) is 17.6 Å². The van der Waals surface area contributed by atoms with E-state index in [0.29, 0.717) is 5.56 Å². The van der Waals surface area contributed by atoms with E-state index in [2.05, 4.69) is 27.7 Å². The summed E-state index contributed by atoms with van der Waals surface area (Å²) in [4.78, 5) is 22.7.